The van der Waals surface area contributed by atoms with Gasteiger partial charge in [0.05, 0.1) is 5.69 Å². The summed E-state index contributed by atoms with van der Waals surface area (Å²) in [6, 6.07) is 2.65. The zero-order valence-electron chi connectivity index (χ0n) is 10.9. The van der Waals surface area contributed by atoms with E-state index < -0.39 is 0 Å². The van der Waals surface area contributed by atoms with E-state index in [9.17, 15) is 0 Å². The predicted molar refractivity (Wildman–Crippen MR) is 72.0 cm³/mol. The number of hydrogen-bond acceptors (Lipinski definition) is 4. The summed E-state index contributed by atoms with van der Waals surface area (Å²) < 4.78 is 1.92. The van der Waals surface area contributed by atoms with Gasteiger partial charge in [0.2, 0.25) is 0 Å². The van der Waals surface area contributed by atoms with Gasteiger partial charge in [-0.2, -0.15) is 5.10 Å². The second kappa shape index (κ2) is 4.57. The van der Waals surface area contributed by atoms with E-state index in [0.717, 1.165) is 36.7 Å². The molecule has 0 amide bonds. The lowest BCUT2D eigenvalue weighted by Crippen LogP contribution is -2.37. The van der Waals surface area contributed by atoms with E-state index in [1.165, 1.54) is 6.42 Å². The standard InChI is InChI=1S/C13H19N5/c1-3-17(11-4-5-14-9-11)13-12-8-10(2)16-18(12)7-6-15-13/h6-8,11,14H,3-5,9H2,1-2H3. The molecule has 0 spiro atoms. The second-order valence-corrected chi connectivity index (χ2v) is 4.80. The molecular formula is C13H19N5. The van der Waals surface area contributed by atoms with Crippen molar-refractivity contribution in [3.63, 3.8) is 0 Å². The number of hydrogen-bond donors (Lipinski definition) is 1. The zero-order chi connectivity index (χ0) is 12.5. The minimum Gasteiger partial charge on any atom is -0.351 e. The van der Waals surface area contributed by atoms with Gasteiger partial charge in [-0.15, -0.1) is 0 Å². The number of fused-ring (bicyclic) bond motifs is 1. The minimum absolute atomic E-state index is 0.545. The predicted octanol–water partition coefficient (Wildman–Crippen LogP) is 1.23. The number of aromatic nitrogens is 3. The summed E-state index contributed by atoms with van der Waals surface area (Å²) in [6.07, 6.45) is 4.93. The molecule has 1 fully saturated rings. The first-order chi connectivity index (χ1) is 8.79. The summed E-state index contributed by atoms with van der Waals surface area (Å²) in [6.45, 7) is 7.33. The molecule has 1 atom stereocenters. The number of likely N-dealkylation sites (N-methyl/N-ethyl adjacent to an activating group) is 1. The van der Waals surface area contributed by atoms with Crippen LogP contribution in [-0.2, 0) is 0 Å². The summed E-state index contributed by atoms with van der Waals surface area (Å²) in [5.74, 6) is 1.05. The van der Waals surface area contributed by atoms with Gasteiger partial charge < -0.3 is 10.2 Å². The Bertz CT molecular complexity index is 541. The van der Waals surface area contributed by atoms with Crippen molar-refractivity contribution in [3.05, 3.63) is 24.2 Å². The Morgan fingerprint density at radius 3 is 3.17 bits per heavy atom. The normalized spacial score (nSPS) is 19.6. The molecule has 1 aliphatic heterocycles. The number of rotatable bonds is 3. The fraction of sp³-hybridized carbons (Fsp3) is 0.538. The third-order valence-electron chi connectivity index (χ3n) is 3.58. The molecule has 5 heteroatoms. The highest BCUT2D eigenvalue weighted by Gasteiger charge is 2.24. The molecule has 3 rings (SSSR count). The number of nitrogens with zero attached hydrogens (tertiary/aromatic N) is 4. The maximum absolute atomic E-state index is 4.57. The van der Waals surface area contributed by atoms with Crippen LogP contribution in [0.5, 0.6) is 0 Å². The van der Waals surface area contributed by atoms with Crippen LogP contribution in [0, 0.1) is 6.92 Å². The molecule has 18 heavy (non-hydrogen) atoms. The van der Waals surface area contributed by atoms with Crippen molar-refractivity contribution < 1.29 is 0 Å². The Kier molecular flexibility index (Phi) is 2.91. The Hall–Kier alpha value is -1.62. The Morgan fingerprint density at radius 2 is 2.44 bits per heavy atom. The van der Waals surface area contributed by atoms with E-state index in [1.54, 1.807) is 0 Å². The third kappa shape index (κ3) is 1.84. The minimum atomic E-state index is 0.545. The molecule has 2 aromatic heterocycles. The lowest BCUT2D eigenvalue weighted by atomic mass is 10.2. The van der Waals surface area contributed by atoms with Crippen LogP contribution in [0.15, 0.2) is 18.5 Å². The van der Waals surface area contributed by atoms with Crippen LogP contribution >= 0.6 is 0 Å². The van der Waals surface area contributed by atoms with Gasteiger partial charge in [-0.1, -0.05) is 0 Å². The van der Waals surface area contributed by atoms with Crippen molar-refractivity contribution >= 4 is 11.3 Å². The van der Waals surface area contributed by atoms with Gasteiger partial charge in [0, 0.05) is 31.5 Å². The van der Waals surface area contributed by atoms with E-state index in [1.807, 2.05) is 23.8 Å². The van der Waals surface area contributed by atoms with Crippen molar-refractivity contribution in [1.82, 2.24) is 19.9 Å². The molecule has 1 aliphatic rings. The molecule has 2 aromatic rings. The lowest BCUT2D eigenvalue weighted by molar-refractivity contribution is 0.640. The first kappa shape index (κ1) is 11.5. The highest BCUT2D eigenvalue weighted by Crippen LogP contribution is 2.23. The smallest absolute Gasteiger partial charge is 0.154 e. The molecule has 0 bridgehead atoms. The number of aryl methyl sites for hydroxylation is 1. The van der Waals surface area contributed by atoms with Gasteiger partial charge in [-0.25, -0.2) is 9.50 Å². The summed E-state index contributed by atoms with van der Waals surface area (Å²) in [5, 5.41) is 7.87. The first-order valence-corrected chi connectivity index (χ1v) is 6.58. The Balaban J connectivity index is 2.05. The van der Waals surface area contributed by atoms with Crippen LogP contribution in [0.3, 0.4) is 0 Å². The van der Waals surface area contributed by atoms with Gasteiger partial charge in [-0.3, -0.25) is 0 Å². The molecule has 1 saturated heterocycles. The highest BCUT2D eigenvalue weighted by atomic mass is 15.3. The van der Waals surface area contributed by atoms with Crippen LogP contribution in [0.4, 0.5) is 5.82 Å². The zero-order valence-corrected chi connectivity index (χ0v) is 10.9. The van der Waals surface area contributed by atoms with E-state index in [-0.39, 0.29) is 0 Å². The third-order valence-corrected chi connectivity index (χ3v) is 3.58. The van der Waals surface area contributed by atoms with Crippen molar-refractivity contribution in [2.24, 2.45) is 0 Å². The van der Waals surface area contributed by atoms with E-state index >= 15 is 0 Å². The molecule has 0 aromatic carbocycles. The fourth-order valence-electron chi connectivity index (χ4n) is 2.74. The summed E-state index contributed by atoms with van der Waals surface area (Å²) in [5.41, 5.74) is 2.13. The van der Waals surface area contributed by atoms with Gasteiger partial charge in [-0.05, 0) is 32.9 Å². The summed E-state index contributed by atoms with van der Waals surface area (Å²) in [7, 11) is 0. The van der Waals surface area contributed by atoms with Crippen LogP contribution in [0.25, 0.3) is 5.52 Å². The van der Waals surface area contributed by atoms with Crippen molar-refractivity contribution in [1.29, 1.82) is 0 Å². The molecule has 5 nitrogen and oxygen atoms in total. The Morgan fingerprint density at radius 1 is 1.56 bits per heavy atom. The quantitative estimate of drug-likeness (QED) is 0.883. The van der Waals surface area contributed by atoms with Gasteiger partial charge in [0.25, 0.3) is 0 Å². The maximum Gasteiger partial charge on any atom is 0.154 e. The Labute approximate surface area is 107 Å². The van der Waals surface area contributed by atoms with Crippen LogP contribution < -0.4 is 10.2 Å². The molecule has 0 radical (unpaired) electrons. The molecule has 96 valence electrons. The molecule has 0 saturated carbocycles. The van der Waals surface area contributed by atoms with E-state index in [4.69, 9.17) is 0 Å². The van der Waals surface area contributed by atoms with E-state index in [2.05, 4.69) is 33.3 Å². The highest BCUT2D eigenvalue weighted by molar-refractivity contribution is 5.69. The van der Waals surface area contributed by atoms with Gasteiger partial charge in [0.1, 0.15) is 5.52 Å². The number of anilines is 1. The van der Waals surface area contributed by atoms with Crippen LogP contribution in [0.2, 0.25) is 0 Å². The molecular weight excluding hydrogens is 226 g/mol. The van der Waals surface area contributed by atoms with Gasteiger partial charge in [0.15, 0.2) is 5.82 Å². The van der Waals surface area contributed by atoms with Gasteiger partial charge >= 0.3 is 0 Å². The number of nitrogens with one attached hydrogen (secondary N) is 1. The second-order valence-electron chi connectivity index (χ2n) is 4.80. The van der Waals surface area contributed by atoms with E-state index in [0.29, 0.717) is 6.04 Å². The molecule has 1 unspecified atom stereocenters. The van der Waals surface area contributed by atoms with Crippen molar-refractivity contribution in [3.8, 4) is 0 Å². The summed E-state index contributed by atoms with van der Waals surface area (Å²) >= 11 is 0. The molecule has 0 aliphatic carbocycles. The molecule has 3 heterocycles. The molecule has 1 N–H and O–H groups in total. The SMILES string of the molecule is CCN(c1nccn2nc(C)cc12)C1CCNC1. The largest absolute Gasteiger partial charge is 0.351 e. The summed E-state index contributed by atoms with van der Waals surface area (Å²) in [4.78, 5) is 6.96. The topological polar surface area (TPSA) is 45.5 Å². The average Bonchev–Trinajstić information content (AvgIpc) is 2.98. The fourth-order valence-corrected chi connectivity index (χ4v) is 2.74. The first-order valence-electron chi connectivity index (χ1n) is 6.58. The average molecular weight is 245 g/mol. The van der Waals surface area contributed by atoms with Crippen LogP contribution in [-0.4, -0.2) is 40.3 Å². The maximum atomic E-state index is 4.57. The lowest BCUT2D eigenvalue weighted by Gasteiger charge is -2.28. The van der Waals surface area contributed by atoms with Crippen molar-refractivity contribution in [2.45, 2.75) is 26.3 Å². The van der Waals surface area contributed by atoms with Crippen molar-refractivity contribution in [2.75, 3.05) is 24.5 Å². The van der Waals surface area contributed by atoms with Crippen LogP contribution in [0.1, 0.15) is 19.0 Å². The monoisotopic (exact) mass is 245 g/mol.